The Hall–Kier alpha value is -3.14. The smallest absolute Gasteiger partial charge is 0.196 e. The van der Waals surface area contributed by atoms with Gasteiger partial charge in [0.15, 0.2) is 11.8 Å². The monoisotopic (exact) mass is 292 g/mol. The molecule has 0 spiro atoms. The van der Waals surface area contributed by atoms with Crippen LogP contribution in [0.4, 0.5) is 11.4 Å². The molecule has 1 aromatic carbocycles. The minimum atomic E-state index is 0.108. The van der Waals surface area contributed by atoms with Crippen molar-refractivity contribution in [1.82, 2.24) is 0 Å². The molecule has 0 saturated carbocycles. The average Bonchev–Trinajstić information content (AvgIpc) is 3.23. The fourth-order valence-corrected chi connectivity index (χ4v) is 2.12. The lowest BCUT2D eigenvalue weighted by Crippen LogP contribution is -2.02. The lowest BCUT2D eigenvalue weighted by molar-refractivity contribution is 0.415. The summed E-state index contributed by atoms with van der Waals surface area (Å²) in [4.78, 5) is 0. The van der Waals surface area contributed by atoms with Crippen molar-refractivity contribution in [2.45, 2.75) is 0 Å². The predicted octanol–water partition coefficient (Wildman–Crippen LogP) is 4.30. The van der Waals surface area contributed by atoms with Gasteiger partial charge in [-0.2, -0.15) is 0 Å². The molecule has 22 heavy (non-hydrogen) atoms. The first-order valence-corrected chi connectivity index (χ1v) is 6.92. The first kappa shape index (κ1) is 13.8. The molecule has 0 unspecified atom stereocenters. The molecule has 4 N–H and O–H groups in total. The molecule has 2 aliphatic carbocycles. The molecule has 0 heterocycles. The fraction of sp³-hybridized carbons (Fsp3) is 0. The molecular formula is C18H16N2O2. The highest BCUT2D eigenvalue weighted by Crippen LogP contribution is 2.20. The van der Waals surface area contributed by atoms with Gasteiger partial charge in [0.05, 0.1) is 0 Å². The van der Waals surface area contributed by atoms with E-state index in [2.05, 4.69) is 10.6 Å². The molecule has 0 amide bonds. The number of rotatable bonds is 4. The van der Waals surface area contributed by atoms with Gasteiger partial charge in [0.1, 0.15) is 0 Å². The Morgan fingerprint density at radius 1 is 0.591 bits per heavy atom. The van der Waals surface area contributed by atoms with Crippen LogP contribution in [-0.4, -0.2) is 10.2 Å². The number of nitrogens with one attached hydrogen (secondary N) is 2. The van der Waals surface area contributed by atoms with Gasteiger partial charge in [-0.3, -0.25) is 0 Å². The van der Waals surface area contributed by atoms with Gasteiger partial charge in [-0.1, -0.05) is 24.3 Å². The summed E-state index contributed by atoms with van der Waals surface area (Å²) in [5.41, 5.74) is 3.00. The number of aliphatic hydroxyl groups is 2. The van der Waals surface area contributed by atoms with Crippen molar-refractivity contribution < 1.29 is 10.2 Å². The Morgan fingerprint density at radius 2 is 0.909 bits per heavy atom. The molecule has 0 aromatic heterocycles. The molecule has 2 aliphatic rings. The van der Waals surface area contributed by atoms with Crippen LogP contribution in [0.5, 0.6) is 0 Å². The van der Waals surface area contributed by atoms with Crippen molar-refractivity contribution in [3.8, 4) is 0 Å². The molecule has 0 saturated heterocycles. The number of hydrogen-bond acceptors (Lipinski definition) is 4. The summed E-state index contributed by atoms with van der Waals surface area (Å²) < 4.78 is 0. The van der Waals surface area contributed by atoms with Crippen LogP contribution < -0.4 is 10.6 Å². The third-order valence-electron chi connectivity index (χ3n) is 3.28. The van der Waals surface area contributed by atoms with Crippen LogP contribution in [0.1, 0.15) is 0 Å². The minimum Gasteiger partial charge on any atom is -0.494 e. The van der Waals surface area contributed by atoms with Gasteiger partial charge in [0, 0.05) is 22.5 Å². The Morgan fingerprint density at radius 3 is 1.23 bits per heavy atom. The number of aliphatic hydroxyl groups excluding tert-OH is 2. The highest BCUT2D eigenvalue weighted by atomic mass is 16.3. The van der Waals surface area contributed by atoms with Gasteiger partial charge in [-0.15, -0.1) is 0 Å². The second-order valence-corrected chi connectivity index (χ2v) is 4.87. The van der Waals surface area contributed by atoms with Crippen LogP contribution in [0.25, 0.3) is 0 Å². The van der Waals surface area contributed by atoms with E-state index in [9.17, 15) is 10.2 Å². The summed E-state index contributed by atoms with van der Waals surface area (Å²) in [5.74, 6) is 0.216. The van der Waals surface area contributed by atoms with E-state index in [1.807, 2.05) is 72.9 Å². The molecule has 0 radical (unpaired) electrons. The van der Waals surface area contributed by atoms with E-state index in [0.717, 1.165) is 22.5 Å². The molecule has 0 atom stereocenters. The van der Waals surface area contributed by atoms with Gasteiger partial charge in [0.2, 0.25) is 0 Å². The summed E-state index contributed by atoms with van der Waals surface area (Å²) >= 11 is 0. The highest BCUT2D eigenvalue weighted by molar-refractivity contribution is 5.59. The molecule has 0 bridgehead atoms. The van der Waals surface area contributed by atoms with Crippen LogP contribution in [0.2, 0.25) is 0 Å². The molecule has 3 rings (SSSR count). The molecule has 0 aliphatic heterocycles. The van der Waals surface area contributed by atoms with E-state index >= 15 is 0 Å². The summed E-state index contributed by atoms with van der Waals surface area (Å²) in [5, 5.41) is 25.8. The third kappa shape index (κ3) is 3.12. The maximum Gasteiger partial charge on any atom is 0.196 e. The summed E-state index contributed by atoms with van der Waals surface area (Å²) in [7, 11) is 0. The van der Waals surface area contributed by atoms with Gasteiger partial charge < -0.3 is 20.8 Å². The van der Waals surface area contributed by atoms with Crippen LogP contribution in [-0.2, 0) is 0 Å². The zero-order chi connectivity index (χ0) is 15.4. The van der Waals surface area contributed by atoms with E-state index in [0.29, 0.717) is 0 Å². The summed E-state index contributed by atoms with van der Waals surface area (Å²) in [6.07, 6.45) is 14.8. The largest absolute Gasteiger partial charge is 0.494 e. The zero-order valence-corrected chi connectivity index (χ0v) is 11.8. The van der Waals surface area contributed by atoms with Gasteiger partial charge >= 0.3 is 0 Å². The van der Waals surface area contributed by atoms with Crippen LogP contribution in [0.15, 0.2) is 95.8 Å². The number of benzene rings is 1. The quantitative estimate of drug-likeness (QED) is 0.625. The summed E-state index contributed by atoms with van der Waals surface area (Å²) in [6, 6.07) is 7.28. The maximum atomic E-state index is 9.95. The first-order chi connectivity index (χ1) is 10.7. The second-order valence-electron chi connectivity index (χ2n) is 4.87. The topological polar surface area (TPSA) is 64.5 Å². The van der Waals surface area contributed by atoms with Crippen molar-refractivity contribution in [3.05, 3.63) is 95.8 Å². The molecular weight excluding hydrogens is 276 g/mol. The van der Waals surface area contributed by atoms with Crippen LogP contribution in [0, 0.1) is 0 Å². The number of anilines is 2. The molecule has 1 aromatic rings. The van der Waals surface area contributed by atoms with Crippen molar-refractivity contribution in [2.24, 2.45) is 0 Å². The third-order valence-corrected chi connectivity index (χ3v) is 3.28. The van der Waals surface area contributed by atoms with Gasteiger partial charge in [-0.25, -0.2) is 0 Å². The van der Waals surface area contributed by atoms with E-state index in [-0.39, 0.29) is 11.8 Å². The SMILES string of the molecule is OC(Nc1ccc(NC(O)=C2C=CC=C2)cc1)=C1C=CC=C1. The Bertz CT molecular complexity index is 655. The standard InChI is InChI=1S/C18H16N2O2/c21-17(13-5-1-2-6-13)19-15-9-11-16(12-10-15)20-18(22)14-7-3-4-8-14/h1-12,19-22H. The zero-order valence-electron chi connectivity index (χ0n) is 11.8. The highest BCUT2D eigenvalue weighted by Gasteiger charge is 2.05. The molecule has 0 fully saturated rings. The fourth-order valence-electron chi connectivity index (χ4n) is 2.12. The average molecular weight is 292 g/mol. The summed E-state index contributed by atoms with van der Waals surface area (Å²) in [6.45, 7) is 0. The molecule has 4 nitrogen and oxygen atoms in total. The normalized spacial score (nSPS) is 14.7. The lowest BCUT2D eigenvalue weighted by atomic mass is 10.2. The molecule has 110 valence electrons. The van der Waals surface area contributed by atoms with E-state index < -0.39 is 0 Å². The maximum absolute atomic E-state index is 9.95. The van der Waals surface area contributed by atoms with Crippen molar-refractivity contribution in [2.75, 3.05) is 10.6 Å². The van der Waals surface area contributed by atoms with Gasteiger partial charge in [-0.05, 0) is 48.6 Å². The molecule has 4 heteroatoms. The first-order valence-electron chi connectivity index (χ1n) is 6.92. The predicted molar refractivity (Wildman–Crippen MR) is 89.6 cm³/mol. The number of hydrogen-bond donors (Lipinski definition) is 4. The van der Waals surface area contributed by atoms with Crippen molar-refractivity contribution in [1.29, 1.82) is 0 Å². The minimum absolute atomic E-state index is 0.108. The van der Waals surface area contributed by atoms with Crippen molar-refractivity contribution in [3.63, 3.8) is 0 Å². The van der Waals surface area contributed by atoms with E-state index in [4.69, 9.17) is 0 Å². The van der Waals surface area contributed by atoms with E-state index in [1.54, 1.807) is 0 Å². The van der Waals surface area contributed by atoms with E-state index in [1.165, 1.54) is 0 Å². The van der Waals surface area contributed by atoms with Crippen LogP contribution >= 0.6 is 0 Å². The lowest BCUT2D eigenvalue weighted by Gasteiger charge is -2.10. The van der Waals surface area contributed by atoms with Gasteiger partial charge in [0.25, 0.3) is 0 Å². The second kappa shape index (κ2) is 6.10. The Balaban J connectivity index is 1.68. The Kier molecular flexibility index (Phi) is 3.83. The van der Waals surface area contributed by atoms with Crippen LogP contribution in [0.3, 0.4) is 0 Å². The van der Waals surface area contributed by atoms with Crippen molar-refractivity contribution >= 4 is 11.4 Å². The Labute approximate surface area is 128 Å². The number of allylic oxidation sites excluding steroid dienone is 10.